The van der Waals surface area contributed by atoms with Crippen molar-refractivity contribution >= 4 is 5.91 Å². The zero-order chi connectivity index (χ0) is 17.7. The Kier molecular flexibility index (Phi) is 6.02. The molecule has 0 aliphatic carbocycles. The fourth-order valence-corrected chi connectivity index (χ4v) is 2.68. The second kappa shape index (κ2) is 8.00. The average molecular weight is 325 g/mol. The summed E-state index contributed by atoms with van der Waals surface area (Å²) >= 11 is 0. The number of rotatable bonds is 6. The van der Waals surface area contributed by atoms with Crippen LogP contribution in [0.5, 0.6) is 5.75 Å². The van der Waals surface area contributed by atoms with Crippen LogP contribution >= 0.6 is 0 Å². The van der Waals surface area contributed by atoms with E-state index in [2.05, 4.69) is 49.5 Å². The molecule has 0 saturated heterocycles. The van der Waals surface area contributed by atoms with Crippen molar-refractivity contribution in [3.63, 3.8) is 0 Å². The van der Waals surface area contributed by atoms with Crippen molar-refractivity contribution < 1.29 is 9.53 Å². The lowest BCUT2D eigenvalue weighted by atomic mass is 10.0. The van der Waals surface area contributed by atoms with E-state index in [4.69, 9.17) is 4.74 Å². The van der Waals surface area contributed by atoms with E-state index in [1.165, 1.54) is 11.1 Å². The Morgan fingerprint density at radius 2 is 1.67 bits per heavy atom. The minimum Gasteiger partial charge on any atom is -0.481 e. The lowest BCUT2D eigenvalue weighted by Gasteiger charge is -2.22. The van der Waals surface area contributed by atoms with Gasteiger partial charge in [-0.1, -0.05) is 54.4 Å². The van der Waals surface area contributed by atoms with Gasteiger partial charge in [0.2, 0.25) is 0 Å². The smallest absolute Gasteiger partial charge is 0.261 e. The summed E-state index contributed by atoms with van der Waals surface area (Å²) in [5, 5.41) is 3.09. The van der Waals surface area contributed by atoms with Crippen LogP contribution in [0.15, 0.2) is 42.5 Å². The molecular weight excluding hydrogens is 298 g/mol. The highest BCUT2D eigenvalue weighted by Crippen LogP contribution is 2.21. The Morgan fingerprint density at radius 3 is 2.25 bits per heavy atom. The van der Waals surface area contributed by atoms with Gasteiger partial charge >= 0.3 is 0 Å². The summed E-state index contributed by atoms with van der Waals surface area (Å²) in [5.41, 5.74) is 4.56. The molecule has 0 aliphatic heterocycles. The van der Waals surface area contributed by atoms with Crippen molar-refractivity contribution in [1.29, 1.82) is 0 Å². The molecule has 1 N–H and O–H groups in total. The van der Waals surface area contributed by atoms with Crippen LogP contribution in [0.3, 0.4) is 0 Å². The highest BCUT2D eigenvalue weighted by atomic mass is 16.5. The predicted octanol–water partition coefficient (Wildman–Crippen LogP) is 4.65. The summed E-state index contributed by atoms with van der Waals surface area (Å²) in [4.78, 5) is 12.5. The maximum Gasteiger partial charge on any atom is 0.261 e. The van der Waals surface area contributed by atoms with Crippen LogP contribution < -0.4 is 10.1 Å². The molecule has 0 spiro atoms. The van der Waals surface area contributed by atoms with Crippen LogP contribution in [0.2, 0.25) is 0 Å². The molecule has 0 bridgehead atoms. The summed E-state index contributed by atoms with van der Waals surface area (Å²) in [6.45, 7) is 9.95. The van der Waals surface area contributed by atoms with Gasteiger partial charge in [-0.15, -0.1) is 0 Å². The molecule has 0 aliphatic rings. The van der Waals surface area contributed by atoms with Crippen molar-refractivity contribution in [2.45, 2.75) is 53.2 Å². The van der Waals surface area contributed by atoms with E-state index in [0.29, 0.717) is 0 Å². The number of carbonyl (C=O) groups is 1. The minimum absolute atomic E-state index is 0.00302. The van der Waals surface area contributed by atoms with Crippen LogP contribution in [-0.2, 0) is 4.79 Å². The molecule has 0 aromatic heterocycles. The Bertz CT molecular complexity index is 691. The lowest BCUT2D eigenvalue weighted by molar-refractivity contribution is -0.128. The maximum absolute atomic E-state index is 12.5. The van der Waals surface area contributed by atoms with E-state index in [1.807, 2.05) is 26.0 Å². The molecule has 0 radical (unpaired) electrons. The molecule has 0 unspecified atom stereocenters. The quantitative estimate of drug-likeness (QED) is 0.840. The fraction of sp³-hybridized carbons (Fsp3) is 0.381. The molecule has 2 atom stereocenters. The molecule has 2 aromatic rings. The third-order valence-electron chi connectivity index (χ3n) is 4.21. The third kappa shape index (κ3) is 4.60. The van der Waals surface area contributed by atoms with Crippen LogP contribution in [0.25, 0.3) is 0 Å². The monoisotopic (exact) mass is 325 g/mol. The first kappa shape index (κ1) is 18.1. The molecule has 128 valence electrons. The van der Waals surface area contributed by atoms with E-state index in [1.54, 1.807) is 6.92 Å². The number of carbonyl (C=O) groups excluding carboxylic acids is 1. The molecule has 2 aromatic carbocycles. The molecule has 0 heterocycles. The summed E-state index contributed by atoms with van der Waals surface area (Å²) < 4.78 is 5.85. The first-order valence-corrected chi connectivity index (χ1v) is 8.51. The largest absolute Gasteiger partial charge is 0.481 e. The fourth-order valence-electron chi connectivity index (χ4n) is 2.68. The SMILES string of the molecule is CC[C@H](NC(=O)[C@@H](C)Oc1ccc(C)cc1C)c1ccc(C)cc1. The van der Waals surface area contributed by atoms with Gasteiger partial charge in [0.15, 0.2) is 6.10 Å². The number of ether oxygens (including phenoxy) is 1. The Balaban J connectivity index is 2.02. The molecule has 0 fully saturated rings. The molecule has 3 nitrogen and oxygen atoms in total. The van der Waals surface area contributed by atoms with Gasteiger partial charge < -0.3 is 10.1 Å². The maximum atomic E-state index is 12.5. The molecular formula is C21H27NO2. The second-order valence-corrected chi connectivity index (χ2v) is 6.41. The van der Waals surface area contributed by atoms with Crippen molar-refractivity contribution in [1.82, 2.24) is 5.32 Å². The highest BCUT2D eigenvalue weighted by molar-refractivity contribution is 5.81. The van der Waals surface area contributed by atoms with Gasteiger partial charge in [-0.25, -0.2) is 0 Å². The second-order valence-electron chi connectivity index (χ2n) is 6.41. The van der Waals surface area contributed by atoms with Gasteiger partial charge in [0.05, 0.1) is 6.04 Å². The van der Waals surface area contributed by atoms with E-state index in [9.17, 15) is 4.79 Å². The van der Waals surface area contributed by atoms with Crippen molar-refractivity contribution in [2.75, 3.05) is 0 Å². The van der Waals surface area contributed by atoms with Crippen molar-refractivity contribution in [2.24, 2.45) is 0 Å². The van der Waals surface area contributed by atoms with Crippen molar-refractivity contribution in [3.05, 3.63) is 64.7 Å². The number of nitrogens with one attached hydrogen (secondary N) is 1. The Labute approximate surface area is 145 Å². The zero-order valence-electron chi connectivity index (χ0n) is 15.2. The van der Waals surface area contributed by atoms with Crippen molar-refractivity contribution in [3.8, 4) is 5.75 Å². The number of hydrogen-bond donors (Lipinski definition) is 1. The molecule has 1 amide bonds. The molecule has 3 heteroatoms. The van der Waals surface area contributed by atoms with E-state index in [0.717, 1.165) is 23.3 Å². The predicted molar refractivity (Wildman–Crippen MR) is 98.4 cm³/mol. The summed E-state index contributed by atoms with van der Waals surface area (Å²) in [6.07, 6.45) is 0.302. The number of benzene rings is 2. The van der Waals surface area contributed by atoms with Gasteiger partial charge in [0, 0.05) is 0 Å². The topological polar surface area (TPSA) is 38.3 Å². The number of amides is 1. The van der Waals surface area contributed by atoms with Gasteiger partial charge in [0.1, 0.15) is 5.75 Å². The molecule has 24 heavy (non-hydrogen) atoms. The first-order chi connectivity index (χ1) is 11.4. The Hall–Kier alpha value is -2.29. The van der Waals surface area contributed by atoms with Crippen LogP contribution in [-0.4, -0.2) is 12.0 Å². The number of aryl methyl sites for hydroxylation is 3. The van der Waals surface area contributed by atoms with Crippen LogP contribution in [0.4, 0.5) is 0 Å². The highest BCUT2D eigenvalue weighted by Gasteiger charge is 2.19. The van der Waals surface area contributed by atoms with Gasteiger partial charge in [-0.05, 0) is 51.3 Å². The Morgan fingerprint density at radius 1 is 1.04 bits per heavy atom. The zero-order valence-corrected chi connectivity index (χ0v) is 15.2. The van der Waals surface area contributed by atoms with Gasteiger partial charge in [-0.3, -0.25) is 4.79 Å². The van der Waals surface area contributed by atoms with Gasteiger partial charge in [-0.2, -0.15) is 0 Å². The normalized spacial score (nSPS) is 13.2. The van der Waals surface area contributed by atoms with E-state index < -0.39 is 6.10 Å². The van der Waals surface area contributed by atoms with Gasteiger partial charge in [0.25, 0.3) is 5.91 Å². The van der Waals surface area contributed by atoms with E-state index >= 15 is 0 Å². The molecule has 2 rings (SSSR count). The summed E-state index contributed by atoms with van der Waals surface area (Å²) in [5.74, 6) is 0.661. The average Bonchev–Trinajstić information content (AvgIpc) is 2.55. The number of hydrogen-bond acceptors (Lipinski definition) is 2. The van der Waals surface area contributed by atoms with Crippen LogP contribution in [0.1, 0.15) is 48.6 Å². The van der Waals surface area contributed by atoms with Crippen LogP contribution in [0, 0.1) is 20.8 Å². The van der Waals surface area contributed by atoms with E-state index in [-0.39, 0.29) is 11.9 Å². The summed E-state index contributed by atoms with van der Waals surface area (Å²) in [6, 6.07) is 14.3. The standard InChI is InChI=1S/C21H27NO2/c1-6-19(18-10-7-14(2)8-11-18)22-21(23)17(5)24-20-12-9-15(3)13-16(20)4/h7-13,17,19H,6H2,1-5H3,(H,22,23)/t17-,19+/m1/s1. The third-order valence-corrected chi connectivity index (χ3v) is 4.21. The minimum atomic E-state index is -0.536. The first-order valence-electron chi connectivity index (χ1n) is 8.51. The summed E-state index contributed by atoms with van der Waals surface area (Å²) in [7, 11) is 0. The molecule has 0 saturated carbocycles. The lowest BCUT2D eigenvalue weighted by Crippen LogP contribution is -2.38.